The molecular weight excluding hydrogens is 288 g/mol. The van der Waals surface area contributed by atoms with Crippen LogP contribution < -0.4 is 0 Å². The summed E-state index contributed by atoms with van der Waals surface area (Å²) in [5.74, 6) is -0.992. The summed E-state index contributed by atoms with van der Waals surface area (Å²) in [4.78, 5) is 0. The average Bonchev–Trinajstić information content (AvgIpc) is 2.40. The molecular formula is C15H12F4O2. The van der Waals surface area contributed by atoms with E-state index < -0.39 is 23.7 Å². The molecule has 2 aromatic rings. The Labute approximate surface area is 118 Å². The monoisotopic (exact) mass is 300 g/mol. The molecule has 0 aromatic heterocycles. The molecule has 0 saturated carbocycles. The van der Waals surface area contributed by atoms with Gasteiger partial charge in [-0.2, -0.15) is 13.2 Å². The van der Waals surface area contributed by atoms with Crippen LogP contribution in [-0.2, 0) is 12.6 Å². The molecule has 0 heterocycles. The van der Waals surface area contributed by atoms with Gasteiger partial charge in [0.05, 0.1) is 11.7 Å². The zero-order valence-corrected chi connectivity index (χ0v) is 10.7. The van der Waals surface area contributed by atoms with E-state index in [2.05, 4.69) is 0 Å². The number of aliphatic hydroxyl groups excluding tert-OH is 1. The van der Waals surface area contributed by atoms with E-state index in [0.29, 0.717) is 11.6 Å². The Hall–Kier alpha value is -2.08. The van der Waals surface area contributed by atoms with Gasteiger partial charge < -0.3 is 10.2 Å². The molecule has 2 rings (SSSR count). The number of halogens is 4. The number of phenols is 1. The van der Waals surface area contributed by atoms with E-state index in [9.17, 15) is 22.7 Å². The molecule has 0 radical (unpaired) electrons. The van der Waals surface area contributed by atoms with E-state index in [0.717, 1.165) is 12.1 Å². The van der Waals surface area contributed by atoms with Crippen LogP contribution in [0.1, 0.15) is 22.8 Å². The molecule has 1 unspecified atom stereocenters. The fraction of sp³-hybridized carbons (Fsp3) is 0.200. The molecule has 2 N–H and O–H groups in total. The van der Waals surface area contributed by atoms with Crippen LogP contribution in [0.25, 0.3) is 0 Å². The number of alkyl halides is 3. The van der Waals surface area contributed by atoms with Crippen molar-refractivity contribution in [2.24, 2.45) is 0 Å². The van der Waals surface area contributed by atoms with Crippen LogP contribution in [0.15, 0.2) is 42.5 Å². The molecule has 0 fully saturated rings. The molecule has 6 heteroatoms. The molecule has 0 amide bonds. The topological polar surface area (TPSA) is 40.5 Å². The quantitative estimate of drug-likeness (QED) is 0.846. The van der Waals surface area contributed by atoms with E-state index in [4.69, 9.17) is 5.11 Å². The van der Waals surface area contributed by atoms with Crippen LogP contribution in [0.4, 0.5) is 17.6 Å². The maximum absolute atomic E-state index is 13.0. The zero-order chi connectivity index (χ0) is 15.6. The smallest absolute Gasteiger partial charge is 0.416 e. The highest BCUT2D eigenvalue weighted by Crippen LogP contribution is 2.36. The first-order valence-electron chi connectivity index (χ1n) is 6.10. The van der Waals surface area contributed by atoms with Crippen molar-refractivity contribution in [3.63, 3.8) is 0 Å². The van der Waals surface area contributed by atoms with Gasteiger partial charge in [-0.1, -0.05) is 18.2 Å². The van der Waals surface area contributed by atoms with E-state index >= 15 is 0 Å². The fourth-order valence-corrected chi connectivity index (χ4v) is 2.03. The van der Waals surface area contributed by atoms with Gasteiger partial charge in [-0.25, -0.2) is 4.39 Å². The lowest BCUT2D eigenvalue weighted by molar-refractivity contribution is -0.139. The van der Waals surface area contributed by atoms with Gasteiger partial charge in [0.1, 0.15) is 11.6 Å². The lowest BCUT2D eigenvalue weighted by atomic mass is 9.96. The summed E-state index contributed by atoms with van der Waals surface area (Å²) in [5, 5.41) is 19.1. The van der Waals surface area contributed by atoms with Gasteiger partial charge >= 0.3 is 6.18 Å². The maximum Gasteiger partial charge on any atom is 0.416 e. The number of phenolic OH excluding ortho intramolecular Hbond substituents is 1. The number of rotatable bonds is 3. The fourth-order valence-electron chi connectivity index (χ4n) is 2.03. The Morgan fingerprint density at radius 3 is 2.19 bits per heavy atom. The Bertz CT molecular complexity index is 621. The number of aromatic hydroxyl groups is 1. The highest BCUT2D eigenvalue weighted by molar-refractivity contribution is 5.34. The SMILES string of the molecule is Oc1ccc(CC(O)c2ccc(F)cc2C(F)(F)F)cc1. The third kappa shape index (κ3) is 3.72. The summed E-state index contributed by atoms with van der Waals surface area (Å²) in [6, 6.07) is 7.92. The second-order valence-electron chi connectivity index (χ2n) is 4.62. The van der Waals surface area contributed by atoms with Crippen molar-refractivity contribution in [1.82, 2.24) is 0 Å². The van der Waals surface area contributed by atoms with Gasteiger partial charge in [0, 0.05) is 6.42 Å². The molecule has 112 valence electrons. The largest absolute Gasteiger partial charge is 0.508 e. The molecule has 0 aliphatic heterocycles. The predicted octanol–water partition coefficient (Wildman–Crippen LogP) is 3.83. The van der Waals surface area contributed by atoms with Crippen molar-refractivity contribution in [3.05, 3.63) is 65.0 Å². The Morgan fingerprint density at radius 2 is 1.62 bits per heavy atom. The van der Waals surface area contributed by atoms with E-state index in [1.807, 2.05) is 0 Å². The van der Waals surface area contributed by atoms with Crippen molar-refractivity contribution in [2.45, 2.75) is 18.7 Å². The van der Waals surface area contributed by atoms with Crippen molar-refractivity contribution >= 4 is 0 Å². The Balaban J connectivity index is 2.30. The van der Waals surface area contributed by atoms with Crippen LogP contribution in [0, 0.1) is 5.82 Å². The minimum Gasteiger partial charge on any atom is -0.508 e. The van der Waals surface area contributed by atoms with Gasteiger partial charge in [0.2, 0.25) is 0 Å². The molecule has 2 nitrogen and oxygen atoms in total. The molecule has 0 saturated heterocycles. The number of benzene rings is 2. The van der Waals surface area contributed by atoms with Crippen molar-refractivity contribution < 1.29 is 27.8 Å². The Kier molecular flexibility index (Phi) is 4.18. The first-order chi connectivity index (χ1) is 9.77. The second kappa shape index (κ2) is 5.73. The summed E-state index contributed by atoms with van der Waals surface area (Å²) in [5.41, 5.74) is -1.01. The number of aliphatic hydroxyl groups is 1. The van der Waals surface area contributed by atoms with Crippen molar-refractivity contribution in [1.29, 1.82) is 0 Å². The summed E-state index contributed by atoms with van der Waals surface area (Å²) >= 11 is 0. The van der Waals surface area contributed by atoms with Gasteiger partial charge in [0.15, 0.2) is 0 Å². The van der Waals surface area contributed by atoms with Crippen molar-refractivity contribution in [2.75, 3.05) is 0 Å². The van der Waals surface area contributed by atoms with Gasteiger partial charge in [-0.15, -0.1) is 0 Å². The first kappa shape index (κ1) is 15.3. The molecule has 1 atom stereocenters. The maximum atomic E-state index is 13.0. The van der Waals surface area contributed by atoms with E-state index in [1.54, 1.807) is 0 Å². The summed E-state index contributed by atoms with van der Waals surface area (Å²) in [7, 11) is 0. The highest BCUT2D eigenvalue weighted by Gasteiger charge is 2.35. The van der Waals surface area contributed by atoms with E-state index in [-0.39, 0.29) is 17.7 Å². The highest BCUT2D eigenvalue weighted by atomic mass is 19.4. The summed E-state index contributed by atoms with van der Waals surface area (Å²) in [6.45, 7) is 0. The van der Waals surface area contributed by atoms with Crippen molar-refractivity contribution in [3.8, 4) is 5.75 Å². The molecule has 0 aliphatic carbocycles. The van der Waals surface area contributed by atoms with Crippen LogP contribution >= 0.6 is 0 Å². The molecule has 0 bridgehead atoms. The van der Waals surface area contributed by atoms with Crippen LogP contribution in [0.5, 0.6) is 5.75 Å². The van der Waals surface area contributed by atoms with Gasteiger partial charge in [-0.05, 0) is 35.4 Å². The molecule has 21 heavy (non-hydrogen) atoms. The predicted molar refractivity (Wildman–Crippen MR) is 68.2 cm³/mol. The van der Waals surface area contributed by atoms with Crippen LogP contribution in [0.2, 0.25) is 0 Å². The molecule has 0 aliphatic rings. The minimum absolute atomic E-state index is 0.0194. The molecule has 2 aromatic carbocycles. The van der Waals surface area contributed by atoms with E-state index in [1.165, 1.54) is 24.3 Å². The number of hydrogen-bond donors (Lipinski definition) is 2. The third-order valence-corrected chi connectivity index (χ3v) is 3.05. The van der Waals surface area contributed by atoms with Crippen LogP contribution in [0.3, 0.4) is 0 Å². The van der Waals surface area contributed by atoms with Crippen LogP contribution in [-0.4, -0.2) is 10.2 Å². The lowest BCUT2D eigenvalue weighted by Gasteiger charge is -2.17. The lowest BCUT2D eigenvalue weighted by Crippen LogP contribution is -2.14. The van der Waals surface area contributed by atoms with Gasteiger partial charge in [-0.3, -0.25) is 0 Å². The molecule has 0 spiro atoms. The second-order valence-corrected chi connectivity index (χ2v) is 4.62. The zero-order valence-electron chi connectivity index (χ0n) is 10.7. The van der Waals surface area contributed by atoms with Gasteiger partial charge in [0.25, 0.3) is 0 Å². The summed E-state index contributed by atoms with van der Waals surface area (Å²) < 4.78 is 51.6. The Morgan fingerprint density at radius 1 is 1.00 bits per heavy atom. The normalized spacial score (nSPS) is 13.2. The third-order valence-electron chi connectivity index (χ3n) is 3.05. The summed E-state index contributed by atoms with van der Waals surface area (Å²) in [6.07, 6.45) is -6.24. The first-order valence-corrected chi connectivity index (χ1v) is 6.10. The average molecular weight is 300 g/mol. The number of hydrogen-bond acceptors (Lipinski definition) is 2. The standard InChI is InChI=1S/C15H12F4O2/c16-10-3-6-12(13(8-10)15(17,18)19)14(21)7-9-1-4-11(20)5-2-9/h1-6,8,14,20-21H,7H2. The minimum atomic E-state index is -4.74.